The Kier molecular flexibility index (Phi) is 4.60. The first kappa shape index (κ1) is 14.1. The van der Waals surface area contributed by atoms with Crippen molar-refractivity contribution in [1.29, 1.82) is 0 Å². The van der Waals surface area contributed by atoms with Crippen LogP contribution in [0.2, 0.25) is 0 Å². The van der Waals surface area contributed by atoms with Gasteiger partial charge in [0.25, 0.3) is 11.5 Å². The average Bonchev–Trinajstić information content (AvgIpc) is 2.83. The first-order valence-corrected chi connectivity index (χ1v) is 7.27. The molecule has 19 heavy (non-hydrogen) atoms. The van der Waals surface area contributed by atoms with Crippen molar-refractivity contribution in [3.8, 4) is 0 Å². The zero-order chi connectivity index (χ0) is 13.8. The third-order valence-electron chi connectivity index (χ3n) is 2.89. The van der Waals surface area contributed by atoms with E-state index in [0.717, 1.165) is 5.75 Å². The van der Waals surface area contributed by atoms with Gasteiger partial charge in [-0.3, -0.25) is 14.2 Å². The van der Waals surface area contributed by atoms with Crippen LogP contribution in [0, 0.1) is 0 Å². The van der Waals surface area contributed by atoms with E-state index in [0.29, 0.717) is 31.1 Å². The summed E-state index contributed by atoms with van der Waals surface area (Å²) in [5.41, 5.74) is -0.189. The highest BCUT2D eigenvalue weighted by Gasteiger charge is 2.19. The maximum absolute atomic E-state index is 12.1. The van der Waals surface area contributed by atoms with Gasteiger partial charge in [-0.15, -0.1) is 0 Å². The highest BCUT2D eigenvalue weighted by molar-refractivity contribution is 7.99. The van der Waals surface area contributed by atoms with Crippen LogP contribution in [0.3, 0.4) is 0 Å². The number of aliphatic hydroxyl groups excluding tert-OH is 1. The molecule has 1 unspecified atom stereocenters. The van der Waals surface area contributed by atoms with Crippen molar-refractivity contribution in [3.05, 3.63) is 22.1 Å². The van der Waals surface area contributed by atoms with Crippen molar-refractivity contribution in [3.63, 3.8) is 0 Å². The highest BCUT2D eigenvalue weighted by atomic mass is 32.2. The second kappa shape index (κ2) is 6.21. The lowest BCUT2D eigenvalue weighted by Crippen LogP contribution is -2.34. The van der Waals surface area contributed by atoms with Crippen molar-refractivity contribution in [2.24, 2.45) is 0 Å². The Hall–Kier alpha value is -1.34. The number of nitrogens with zero attached hydrogens (tertiary/aromatic N) is 2. The van der Waals surface area contributed by atoms with Crippen LogP contribution in [0.5, 0.6) is 0 Å². The highest BCUT2D eigenvalue weighted by Crippen LogP contribution is 2.20. The summed E-state index contributed by atoms with van der Waals surface area (Å²) in [6.45, 7) is 2.75. The van der Waals surface area contributed by atoms with Gasteiger partial charge in [-0.05, 0) is 19.8 Å². The lowest BCUT2D eigenvalue weighted by atomic mass is 10.2. The minimum atomic E-state index is -0.393. The number of amides is 1. The smallest absolute Gasteiger partial charge is 0.267 e. The van der Waals surface area contributed by atoms with Crippen molar-refractivity contribution >= 4 is 17.7 Å². The van der Waals surface area contributed by atoms with Gasteiger partial charge in [0.1, 0.15) is 5.56 Å². The van der Waals surface area contributed by atoms with Gasteiger partial charge >= 0.3 is 0 Å². The minimum absolute atomic E-state index is 0.0864. The maximum Gasteiger partial charge on any atom is 0.267 e. The second-order valence-corrected chi connectivity index (χ2v) is 5.57. The maximum atomic E-state index is 12.1. The van der Waals surface area contributed by atoms with Crippen molar-refractivity contribution < 1.29 is 9.90 Å². The van der Waals surface area contributed by atoms with Gasteiger partial charge in [-0.1, -0.05) is 11.8 Å². The van der Waals surface area contributed by atoms with Gasteiger partial charge in [0.05, 0.1) is 6.10 Å². The van der Waals surface area contributed by atoms with E-state index in [1.54, 1.807) is 6.92 Å². The second-order valence-electron chi connectivity index (χ2n) is 4.51. The van der Waals surface area contributed by atoms with Gasteiger partial charge in [0.15, 0.2) is 5.16 Å². The lowest BCUT2D eigenvalue weighted by Gasteiger charge is -2.07. The summed E-state index contributed by atoms with van der Waals surface area (Å²) in [5, 5.41) is 12.5. The first-order chi connectivity index (χ1) is 9.09. The van der Waals surface area contributed by atoms with E-state index in [1.807, 2.05) is 0 Å². The van der Waals surface area contributed by atoms with Crippen LogP contribution in [0.4, 0.5) is 0 Å². The molecule has 0 aromatic carbocycles. The normalized spacial score (nSPS) is 15.1. The van der Waals surface area contributed by atoms with Crippen LogP contribution >= 0.6 is 11.8 Å². The quantitative estimate of drug-likeness (QED) is 0.597. The Morgan fingerprint density at radius 2 is 2.47 bits per heavy atom. The summed E-state index contributed by atoms with van der Waals surface area (Å²) in [5.74, 6) is 0.428. The number of aromatic nitrogens is 2. The molecule has 0 fully saturated rings. The predicted octanol–water partition coefficient (Wildman–Crippen LogP) is 0.240. The fraction of sp³-hybridized carbons (Fsp3) is 0.583. The summed E-state index contributed by atoms with van der Waals surface area (Å²) in [4.78, 5) is 28.1. The molecule has 2 N–H and O–H groups in total. The molecule has 0 spiro atoms. The van der Waals surface area contributed by atoms with E-state index in [2.05, 4.69) is 10.3 Å². The van der Waals surface area contributed by atoms with E-state index < -0.39 is 5.91 Å². The molecule has 0 saturated carbocycles. The molecule has 0 aliphatic carbocycles. The number of aliphatic hydroxyl groups is 1. The Balaban J connectivity index is 1.98. The van der Waals surface area contributed by atoms with Gasteiger partial charge in [-0.2, -0.15) is 0 Å². The van der Waals surface area contributed by atoms with Gasteiger partial charge in [0.2, 0.25) is 0 Å². The van der Waals surface area contributed by atoms with Gasteiger partial charge in [0, 0.05) is 25.0 Å². The monoisotopic (exact) mass is 283 g/mol. The first-order valence-electron chi connectivity index (χ1n) is 6.28. The fourth-order valence-electron chi connectivity index (χ4n) is 1.87. The molecular formula is C12H17N3O3S. The molecule has 0 saturated heterocycles. The Morgan fingerprint density at radius 3 is 3.21 bits per heavy atom. The molecule has 0 radical (unpaired) electrons. The number of thioether (sulfide) groups is 1. The molecule has 1 aromatic rings. The van der Waals surface area contributed by atoms with Crippen molar-refractivity contribution in [1.82, 2.24) is 14.9 Å². The van der Waals surface area contributed by atoms with Crippen molar-refractivity contribution in [2.45, 2.75) is 37.6 Å². The van der Waals surface area contributed by atoms with Crippen LogP contribution in [-0.4, -0.2) is 39.0 Å². The number of fused-ring (bicyclic) bond motifs is 1. The van der Waals surface area contributed by atoms with E-state index in [9.17, 15) is 9.59 Å². The summed E-state index contributed by atoms with van der Waals surface area (Å²) in [6.07, 6.45) is 2.27. The summed E-state index contributed by atoms with van der Waals surface area (Å²) in [7, 11) is 0. The number of hydrogen-bond donors (Lipinski definition) is 2. The molecule has 2 rings (SSSR count). The zero-order valence-electron chi connectivity index (χ0n) is 10.8. The number of hydrogen-bond acceptors (Lipinski definition) is 5. The lowest BCUT2D eigenvalue weighted by molar-refractivity contribution is 0.0946. The predicted molar refractivity (Wildman–Crippen MR) is 72.5 cm³/mol. The summed E-state index contributed by atoms with van der Waals surface area (Å²) < 4.78 is 1.54. The van der Waals surface area contributed by atoms with E-state index in [1.165, 1.54) is 22.5 Å². The average molecular weight is 283 g/mol. The molecule has 2 heterocycles. The third kappa shape index (κ3) is 3.36. The zero-order valence-corrected chi connectivity index (χ0v) is 11.6. The molecule has 6 nitrogen and oxygen atoms in total. The number of rotatable bonds is 5. The molecule has 1 aromatic heterocycles. The molecular weight excluding hydrogens is 266 g/mol. The van der Waals surface area contributed by atoms with E-state index in [-0.39, 0.29) is 17.2 Å². The summed E-state index contributed by atoms with van der Waals surface area (Å²) >= 11 is 1.52. The molecule has 1 aliphatic heterocycles. The van der Waals surface area contributed by atoms with Gasteiger partial charge in [-0.25, -0.2) is 4.98 Å². The van der Waals surface area contributed by atoms with Crippen LogP contribution < -0.4 is 10.9 Å². The number of carbonyl (C=O) groups excluding carboxylic acids is 1. The SMILES string of the molecule is CC(O)CCCNC(=O)c1cnc2n(c1=O)CCS2. The van der Waals surface area contributed by atoms with Crippen LogP contribution in [0.1, 0.15) is 30.1 Å². The molecule has 1 aliphatic rings. The topological polar surface area (TPSA) is 84.2 Å². The van der Waals surface area contributed by atoms with Crippen LogP contribution in [0.25, 0.3) is 0 Å². The Bertz CT molecular complexity index is 527. The molecule has 1 atom stereocenters. The third-order valence-corrected chi connectivity index (χ3v) is 3.86. The van der Waals surface area contributed by atoms with E-state index >= 15 is 0 Å². The molecule has 1 amide bonds. The molecule has 7 heteroatoms. The Morgan fingerprint density at radius 1 is 1.68 bits per heavy atom. The van der Waals surface area contributed by atoms with Gasteiger partial charge < -0.3 is 10.4 Å². The van der Waals surface area contributed by atoms with Crippen LogP contribution in [-0.2, 0) is 6.54 Å². The minimum Gasteiger partial charge on any atom is -0.393 e. The van der Waals surface area contributed by atoms with Crippen LogP contribution in [0.15, 0.2) is 16.1 Å². The molecule has 104 valence electrons. The Labute approximate surface area is 115 Å². The summed E-state index contributed by atoms with van der Waals surface area (Å²) in [6, 6.07) is 0. The van der Waals surface area contributed by atoms with E-state index in [4.69, 9.17) is 5.11 Å². The fourth-order valence-corrected chi connectivity index (χ4v) is 2.78. The number of carbonyl (C=O) groups is 1. The van der Waals surface area contributed by atoms with Crippen molar-refractivity contribution in [2.75, 3.05) is 12.3 Å². The number of nitrogens with one attached hydrogen (secondary N) is 1. The molecule has 0 bridgehead atoms. The standard InChI is InChI=1S/C12H17N3O3S/c1-8(16)3-2-4-13-10(17)9-7-14-12-15(11(9)18)5-6-19-12/h7-8,16H,2-6H2,1H3,(H,13,17). The largest absolute Gasteiger partial charge is 0.393 e.